The van der Waals surface area contributed by atoms with Crippen molar-refractivity contribution in [2.24, 2.45) is 10.7 Å². The van der Waals surface area contributed by atoms with Gasteiger partial charge in [-0.25, -0.2) is 0 Å². The summed E-state index contributed by atoms with van der Waals surface area (Å²) in [4.78, 5) is 3.73. The van der Waals surface area contributed by atoms with Crippen LogP contribution in [0.1, 0.15) is 6.92 Å². The lowest BCUT2D eigenvalue weighted by Gasteiger charge is -1.80. The molecule has 0 amide bonds. The van der Waals surface area contributed by atoms with Crippen molar-refractivity contribution >= 4 is 6.21 Å². The van der Waals surface area contributed by atoms with Crippen molar-refractivity contribution < 1.29 is 0 Å². The highest BCUT2D eigenvalue weighted by atomic mass is 14.6. The van der Waals surface area contributed by atoms with Crippen LogP contribution in [0.3, 0.4) is 0 Å². The van der Waals surface area contributed by atoms with Crippen molar-refractivity contribution in [2.75, 3.05) is 7.05 Å². The summed E-state index contributed by atoms with van der Waals surface area (Å²) >= 11 is 0. The predicted molar refractivity (Wildman–Crippen MR) is 32.4 cm³/mol. The molecule has 0 aliphatic rings. The molecule has 2 nitrogen and oxygen atoms in total. The lowest BCUT2D eigenvalue weighted by Crippen LogP contribution is -1.83. The Kier molecular flexibility index (Phi) is 3.02. The Hall–Kier alpha value is -0.790. The van der Waals surface area contributed by atoms with Gasteiger partial charge in [-0.15, -0.1) is 0 Å². The maximum atomic E-state index is 5.10. The zero-order chi connectivity index (χ0) is 5.70. The molecule has 0 aliphatic heterocycles. The number of nitrogens with zero attached hydrogens (tertiary/aromatic N) is 1. The van der Waals surface area contributed by atoms with Crippen molar-refractivity contribution in [1.82, 2.24) is 0 Å². The first kappa shape index (κ1) is 6.21. The van der Waals surface area contributed by atoms with Gasteiger partial charge >= 0.3 is 0 Å². The van der Waals surface area contributed by atoms with Crippen LogP contribution in [0, 0.1) is 0 Å². The van der Waals surface area contributed by atoms with Crippen LogP contribution in [-0.4, -0.2) is 13.3 Å². The summed E-state index contributed by atoms with van der Waals surface area (Å²) in [6.45, 7) is 1.90. The fraction of sp³-hybridized carbons (Fsp3) is 0.400. The van der Waals surface area contributed by atoms with Crippen LogP contribution in [0.15, 0.2) is 16.8 Å². The van der Waals surface area contributed by atoms with Crippen molar-refractivity contribution in [2.45, 2.75) is 6.92 Å². The summed E-state index contributed by atoms with van der Waals surface area (Å²) in [7, 11) is 1.72. The molecule has 0 heterocycles. The van der Waals surface area contributed by atoms with Crippen LogP contribution in [0.2, 0.25) is 0 Å². The second kappa shape index (κ2) is 3.40. The first-order valence-electron chi connectivity index (χ1n) is 2.12. The van der Waals surface area contributed by atoms with Gasteiger partial charge < -0.3 is 5.73 Å². The Morgan fingerprint density at radius 2 is 2.29 bits per heavy atom. The molecular formula is C5H10N2. The molecule has 2 N–H and O–H groups in total. The smallest absolute Gasteiger partial charge is 0.0277 e. The number of hydrogen-bond acceptors (Lipinski definition) is 2. The molecule has 0 fully saturated rings. The van der Waals surface area contributed by atoms with Gasteiger partial charge in [0.15, 0.2) is 0 Å². The van der Waals surface area contributed by atoms with E-state index in [-0.39, 0.29) is 0 Å². The van der Waals surface area contributed by atoms with Gasteiger partial charge in [-0.1, -0.05) is 0 Å². The van der Waals surface area contributed by atoms with E-state index in [1.807, 2.05) is 6.92 Å². The monoisotopic (exact) mass is 98.1 g/mol. The molecule has 40 valence electrons. The first-order chi connectivity index (χ1) is 3.31. The van der Waals surface area contributed by atoms with Gasteiger partial charge in [0, 0.05) is 13.3 Å². The number of allylic oxidation sites excluding steroid dienone is 1. The molecule has 0 saturated heterocycles. The Bertz CT molecular complexity index is 92.3. The average molecular weight is 98.1 g/mol. The molecule has 0 aromatic rings. The Morgan fingerprint density at radius 3 is 2.43 bits per heavy atom. The molecule has 0 spiro atoms. The fourth-order valence-corrected chi connectivity index (χ4v) is 0.247. The highest BCUT2D eigenvalue weighted by Gasteiger charge is 1.71. The molecule has 0 aromatic heterocycles. The molecule has 2 heteroatoms. The van der Waals surface area contributed by atoms with Crippen LogP contribution >= 0.6 is 0 Å². The lowest BCUT2D eigenvalue weighted by molar-refractivity contribution is 1.42. The van der Waals surface area contributed by atoms with E-state index < -0.39 is 0 Å². The lowest BCUT2D eigenvalue weighted by atomic mass is 10.4. The van der Waals surface area contributed by atoms with E-state index >= 15 is 0 Å². The highest BCUT2D eigenvalue weighted by Crippen LogP contribution is 1.79. The molecule has 0 atom stereocenters. The largest absolute Gasteiger partial charge is 0.404 e. The zero-order valence-corrected chi connectivity index (χ0v) is 4.68. The summed E-state index contributed by atoms with van der Waals surface area (Å²) < 4.78 is 0. The molecule has 0 bridgehead atoms. The quantitative estimate of drug-likeness (QED) is 0.478. The van der Waals surface area contributed by atoms with Crippen molar-refractivity contribution in [3.63, 3.8) is 0 Å². The molecule has 7 heavy (non-hydrogen) atoms. The minimum absolute atomic E-state index is 0.988. The molecule has 0 unspecified atom stereocenters. The maximum absolute atomic E-state index is 5.10. The average Bonchev–Trinajstić information content (AvgIpc) is 1.68. The van der Waals surface area contributed by atoms with Gasteiger partial charge in [-0.3, -0.25) is 4.99 Å². The number of rotatable bonds is 1. The number of hydrogen-bond donors (Lipinski definition) is 1. The predicted octanol–water partition coefficient (Wildman–Crippen LogP) is 0.550. The van der Waals surface area contributed by atoms with Gasteiger partial charge in [-0.05, 0) is 18.7 Å². The molecule has 0 rings (SSSR count). The van der Waals surface area contributed by atoms with E-state index in [9.17, 15) is 0 Å². The molecule has 0 aliphatic carbocycles. The summed E-state index contributed by atoms with van der Waals surface area (Å²) in [5.74, 6) is 0. The topological polar surface area (TPSA) is 38.4 Å². The summed E-state index contributed by atoms with van der Waals surface area (Å²) in [6.07, 6.45) is 3.23. The van der Waals surface area contributed by atoms with Gasteiger partial charge in [0.25, 0.3) is 0 Å². The van der Waals surface area contributed by atoms with E-state index in [0.717, 1.165) is 5.57 Å². The standard InChI is InChI=1S/C5H10N2/c1-5(3-6)4-7-2/h3-4H,6H2,1-2H3/b5-3-,7-4?. The van der Waals surface area contributed by atoms with Crippen molar-refractivity contribution in [3.8, 4) is 0 Å². The van der Waals surface area contributed by atoms with E-state index in [0.29, 0.717) is 0 Å². The van der Waals surface area contributed by atoms with Crippen molar-refractivity contribution in [1.29, 1.82) is 0 Å². The Labute approximate surface area is 43.7 Å². The van der Waals surface area contributed by atoms with E-state index in [1.165, 1.54) is 6.20 Å². The second-order valence-electron chi connectivity index (χ2n) is 1.30. The minimum Gasteiger partial charge on any atom is -0.404 e. The Morgan fingerprint density at radius 1 is 1.71 bits per heavy atom. The third-order valence-electron chi connectivity index (χ3n) is 0.596. The van der Waals surface area contributed by atoms with Crippen LogP contribution in [-0.2, 0) is 0 Å². The second-order valence-corrected chi connectivity index (χ2v) is 1.30. The maximum Gasteiger partial charge on any atom is 0.0277 e. The number of nitrogens with two attached hydrogens (primary N) is 1. The molecular weight excluding hydrogens is 88.1 g/mol. The normalized spacial score (nSPS) is 13.1. The van der Waals surface area contributed by atoms with Gasteiger partial charge in [0.05, 0.1) is 0 Å². The molecule has 0 saturated carbocycles. The molecule has 0 radical (unpaired) electrons. The van der Waals surface area contributed by atoms with Crippen LogP contribution in [0.5, 0.6) is 0 Å². The third kappa shape index (κ3) is 3.03. The van der Waals surface area contributed by atoms with Crippen LogP contribution < -0.4 is 5.73 Å². The zero-order valence-electron chi connectivity index (χ0n) is 4.68. The SMILES string of the molecule is CN=C/C(C)=C\N. The van der Waals surface area contributed by atoms with Gasteiger partial charge in [-0.2, -0.15) is 0 Å². The molecule has 0 aromatic carbocycles. The first-order valence-corrected chi connectivity index (χ1v) is 2.12. The van der Waals surface area contributed by atoms with E-state index in [1.54, 1.807) is 13.3 Å². The minimum atomic E-state index is 0.988. The van der Waals surface area contributed by atoms with Crippen LogP contribution in [0.4, 0.5) is 0 Å². The van der Waals surface area contributed by atoms with Gasteiger partial charge in [0.1, 0.15) is 0 Å². The summed E-state index contributed by atoms with van der Waals surface area (Å²) in [5, 5.41) is 0. The number of aliphatic imine (C=N–C) groups is 1. The fourth-order valence-electron chi connectivity index (χ4n) is 0.247. The van der Waals surface area contributed by atoms with Crippen molar-refractivity contribution in [3.05, 3.63) is 11.8 Å². The summed E-state index contributed by atoms with van der Waals surface area (Å²) in [6, 6.07) is 0. The Balaban J connectivity index is 3.58. The van der Waals surface area contributed by atoms with E-state index in [2.05, 4.69) is 4.99 Å². The van der Waals surface area contributed by atoms with Crippen LogP contribution in [0.25, 0.3) is 0 Å². The highest BCUT2D eigenvalue weighted by molar-refractivity contribution is 5.77. The summed E-state index contributed by atoms with van der Waals surface area (Å²) in [5.41, 5.74) is 6.09. The van der Waals surface area contributed by atoms with Gasteiger partial charge in [0.2, 0.25) is 0 Å². The third-order valence-corrected chi connectivity index (χ3v) is 0.596. The van der Waals surface area contributed by atoms with E-state index in [4.69, 9.17) is 5.73 Å².